The van der Waals surface area contributed by atoms with Crippen LogP contribution in [0, 0.1) is 5.92 Å². The van der Waals surface area contributed by atoms with Gasteiger partial charge in [-0.1, -0.05) is 13.8 Å². The molecule has 1 fully saturated rings. The van der Waals surface area contributed by atoms with Gasteiger partial charge in [-0.3, -0.25) is 19.8 Å². The molecule has 1 aliphatic heterocycles. The maximum absolute atomic E-state index is 12.5. The van der Waals surface area contributed by atoms with Crippen LogP contribution in [0.5, 0.6) is 0 Å². The summed E-state index contributed by atoms with van der Waals surface area (Å²) >= 11 is 0. The molecule has 1 saturated heterocycles. The van der Waals surface area contributed by atoms with Gasteiger partial charge in [-0.2, -0.15) is 0 Å². The smallest absolute Gasteiger partial charge is 0.323 e. The summed E-state index contributed by atoms with van der Waals surface area (Å²) in [7, 11) is 0. The van der Waals surface area contributed by atoms with Gasteiger partial charge in [0.05, 0.1) is 0 Å². The van der Waals surface area contributed by atoms with Gasteiger partial charge in [-0.25, -0.2) is 14.8 Å². The molecule has 0 aromatic carbocycles. The summed E-state index contributed by atoms with van der Waals surface area (Å²) in [6.45, 7) is 5.43. The van der Waals surface area contributed by atoms with Gasteiger partial charge in [0.1, 0.15) is 12.1 Å². The lowest BCUT2D eigenvalue weighted by molar-refractivity contribution is -0.133. The van der Waals surface area contributed by atoms with Crippen LogP contribution in [0.4, 0.5) is 10.7 Å². The summed E-state index contributed by atoms with van der Waals surface area (Å²) in [5, 5.41) is 5.13. The standard InChI is InChI=1S/C15H21N5O3/c1-10(2)5-6-15(3)12(22)20(14(23)19-15)9-11(21)18-13-16-7-4-8-17-13/h4,7-8,10H,5-6,9H2,1-3H3,(H,19,23)(H,16,17,18,21)/t15-/m0/s1. The molecule has 4 amide bonds. The zero-order valence-electron chi connectivity index (χ0n) is 13.5. The number of rotatable bonds is 6. The third-order valence-corrected chi connectivity index (χ3v) is 3.69. The summed E-state index contributed by atoms with van der Waals surface area (Å²) < 4.78 is 0. The van der Waals surface area contributed by atoms with Crippen LogP contribution < -0.4 is 10.6 Å². The molecule has 1 atom stereocenters. The van der Waals surface area contributed by atoms with Gasteiger partial charge in [0.15, 0.2) is 0 Å². The second kappa shape index (κ2) is 6.72. The summed E-state index contributed by atoms with van der Waals surface area (Å²) in [5.74, 6) is -0.351. The molecule has 2 rings (SSSR count). The largest absolute Gasteiger partial charge is 0.325 e. The van der Waals surface area contributed by atoms with Crippen LogP contribution in [0.2, 0.25) is 0 Å². The lowest BCUT2D eigenvalue weighted by Gasteiger charge is -2.22. The lowest BCUT2D eigenvalue weighted by atomic mass is 9.92. The molecule has 1 aromatic heterocycles. The molecule has 0 aliphatic carbocycles. The molecular formula is C15H21N5O3. The Kier molecular flexibility index (Phi) is 4.92. The van der Waals surface area contributed by atoms with Crippen molar-refractivity contribution >= 4 is 23.8 Å². The van der Waals surface area contributed by atoms with Crippen molar-refractivity contribution in [1.29, 1.82) is 0 Å². The highest BCUT2D eigenvalue weighted by atomic mass is 16.2. The van der Waals surface area contributed by atoms with Crippen molar-refractivity contribution in [2.24, 2.45) is 5.92 Å². The molecule has 0 saturated carbocycles. The van der Waals surface area contributed by atoms with Crippen molar-refractivity contribution in [3.8, 4) is 0 Å². The number of amides is 4. The van der Waals surface area contributed by atoms with E-state index in [2.05, 4.69) is 34.4 Å². The predicted molar refractivity (Wildman–Crippen MR) is 83.4 cm³/mol. The normalized spacial score (nSPS) is 20.8. The fourth-order valence-electron chi connectivity index (χ4n) is 2.31. The van der Waals surface area contributed by atoms with Gasteiger partial charge in [0.2, 0.25) is 11.9 Å². The Labute approximate surface area is 134 Å². The van der Waals surface area contributed by atoms with E-state index < -0.39 is 17.5 Å². The third kappa shape index (κ3) is 4.02. The molecule has 1 aliphatic rings. The van der Waals surface area contributed by atoms with E-state index in [4.69, 9.17) is 0 Å². The van der Waals surface area contributed by atoms with E-state index in [9.17, 15) is 14.4 Å². The van der Waals surface area contributed by atoms with Crippen molar-refractivity contribution < 1.29 is 14.4 Å². The van der Waals surface area contributed by atoms with E-state index in [1.165, 1.54) is 12.4 Å². The van der Waals surface area contributed by atoms with Crippen LogP contribution in [0.15, 0.2) is 18.5 Å². The molecule has 0 bridgehead atoms. The van der Waals surface area contributed by atoms with Crippen LogP contribution in [-0.4, -0.2) is 44.8 Å². The second-order valence-electron chi connectivity index (χ2n) is 6.21. The Bertz CT molecular complexity index is 604. The number of carbonyl (C=O) groups is 3. The molecule has 0 spiro atoms. The van der Waals surface area contributed by atoms with Gasteiger partial charge in [0, 0.05) is 12.4 Å². The average molecular weight is 319 g/mol. The first kappa shape index (κ1) is 16.9. The number of imide groups is 1. The Morgan fingerprint density at radius 2 is 2.00 bits per heavy atom. The van der Waals surface area contributed by atoms with E-state index in [0.29, 0.717) is 12.3 Å². The average Bonchev–Trinajstić information content (AvgIpc) is 2.70. The van der Waals surface area contributed by atoms with Gasteiger partial charge in [-0.05, 0) is 31.7 Å². The summed E-state index contributed by atoms with van der Waals surface area (Å²) in [6.07, 6.45) is 4.31. The van der Waals surface area contributed by atoms with Crippen LogP contribution in [0.25, 0.3) is 0 Å². The van der Waals surface area contributed by atoms with Gasteiger partial charge in [-0.15, -0.1) is 0 Å². The van der Waals surface area contributed by atoms with E-state index in [0.717, 1.165) is 11.3 Å². The Balaban J connectivity index is 1.98. The first-order chi connectivity index (χ1) is 10.8. The van der Waals surface area contributed by atoms with Crippen LogP contribution >= 0.6 is 0 Å². The molecule has 1 aromatic rings. The van der Waals surface area contributed by atoms with E-state index in [1.54, 1.807) is 13.0 Å². The Morgan fingerprint density at radius 3 is 2.61 bits per heavy atom. The number of anilines is 1. The van der Waals surface area contributed by atoms with Crippen molar-refractivity contribution in [2.75, 3.05) is 11.9 Å². The van der Waals surface area contributed by atoms with E-state index in [-0.39, 0.29) is 18.4 Å². The van der Waals surface area contributed by atoms with Crippen LogP contribution in [0.1, 0.15) is 33.6 Å². The summed E-state index contributed by atoms with van der Waals surface area (Å²) in [6, 6.07) is 1.07. The van der Waals surface area contributed by atoms with Crippen molar-refractivity contribution in [2.45, 2.75) is 39.2 Å². The van der Waals surface area contributed by atoms with Crippen LogP contribution in [0.3, 0.4) is 0 Å². The zero-order valence-corrected chi connectivity index (χ0v) is 13.5. The van der Waals surface area contributed by atoms with Gasteiger partial charge < -0.3 is 5.32 Å². The highest BCUT2D eigenvalue weighted by Crippen LogP contribution is 2.24. The topological polar surface area (TPSA) is 104 Å². The molecule has 0 unspecified atom stereocenters. The lowest BCUT2D eigenvalue weighted by Crippen LogP contribution is -2.44. The predicted octanol–water partition coefficient (Wildman–Crippen LogP) is 1.16. The van der Waals surface area contributed by atoms with Crippen molar-refractivity contribution in [1.82, 2.24) is 20.2 Å². The molecule has 8 nitrogen and oxygen atoms in total. The maximum atomic E-state index is 12.5. The monoisotopic (exact) mass is 319 g/mol. The number of carbonyl (C=O) groups excluding carboxylic acids is 3. The number of hydrogen-bond donors (Lipinski definition) is 2. The minimum Gasteiger partial charge on any atom is -0.323 e. The molecule has 0 radical (unpaired) electrons. The molecule has 2 heterocycles. The van der Waals surface area contributed by atoms with Crippen molar-refractivity contribution in [3.63, 3.8) is 0 Å². The quantitative estimate of drug-likeness (QED) is 0.766. The highest BCUT2D eigenvalue weighted by Gasteiger charge is 2.47. The van der Waals surface area contributed by atoms with E-state index >= 15 is 0 Å². The highest BCUT2D eigenvalue weighted by molar-refractivity contribution is 6.09. The second-order valence-corrected chi connectivity index (χ2v) is 6.21. The minimum atomic E-state index is -0.953. The fraction of sp³-hybridized carbons (Fsp3) is 0.533. The van der Waals surface area contributed by atoms with Gasteiger partial charge in [0.25, 0.3) is 5.91 Å². The number of hydrogen-bond acceptors (Lipinski definition) is 5. The third-order valence-electron chi connectivity index (χ3n) is 3.69. The SMILES string of the molecule is CC(C)CC[C@]1(C)NC(=O)N(CC(=O)Nc2ncccn2)C1=O. The Morgan fingerprint density at radius 1 is 1.35 bits per heavy atom. The number of nitrogens with zero attached hydrogens (tertiary/aromatic N) is 3. The molecular weight excluding hydrogens is 298 g/mol. The summed E-state index contributed by atoms with van der Waals surface area (Å²) in [5.41, 5.74) is -0.953. The maximum Gasteiger partial charge on any atom is 0.325 e. The molecule has 8 heteroatoms. The first-order valence-corrected chi connectivity index (χ1v) is 7.53. The van der Waals surface area contributed by atoms with Crippen molar-refractivity contribution in [3.05, 3.63) is 18.5 Å². The Hall–Kier alpha value is -2.51. The van der Waals surface area contributed by atoms with Gasteiger partial charge >= 0.3 is 6.03 Å². The molecule has 2 N–H and O–H groups in total. The molecule has 124 valence electrons. The zero-order chi connectivity index (χ0) is 17.0. The summed E-state index contributed by atoms with van der Waals surface area (Å²) in [4.78, 5) is 45.1. The van der Waals surface area contributed by atoms with Crippen LogP contribution in [-0.2, 0) is 9.59 Å². The number of urea groups is 1. The number of nitrogens with one attached hydrogen (secondary N) is 2. The number of aromatic nitrogens is 2. The molecule has 23 heavy (non-hydrogen) atoms. The minimum absolute atomic E-state index is 0.132. The fourth-order valence-corrected chi connectivity index (χ4v) is 2.31. The van der Waals surface area contributed by atoms with E-state index in [1.807, 2.05) is 0 Å². The first-order valence-electron chi connectivity index (χ1n) is 7.53.